The van der Waals surface area contributed by atoms with E-state index in [-0.39, 0.29) is 54.9 Å². The monoisotopic (exact) mass is 692 g/mol. The van der Waals surface area contributed by atoms with Crippen molar-refractivity contribution in [2.24, 2.45) is 5.92 Å². The molecule has 0 radical (unpaired) electrons. The SMILES string of the molecule is CC1(C(=O)NCc2ccc(C(F)(F)F)c(Nc3nc4nc(OCC(F)F)c(C(=O)NC5CCC(C(F)(F)F)CC5)cc4[nH]3)c2)CCCO1. The number of benzene rings is 1. The normalized spacial score (nSPS) is 21.8. The summed E-state index contributed by atoms with van der Waals surface area (Å²) in [5, 5.41) is 7.80. The number of anilines is 2. The van der Waals surface area contributed by atoms with Crippen molar-refractivity contribution in [3.63, 3.8) is 0 Å². The molecule has 1 aromatic carbocycles. The fourth-order valence-corrected chi connectivity index (χ4v) is 5.73. The zero-order valence-electron chi connectivity index (χ0n) is 25.5. The lowest BCUT2D eigenvalue weighted by Gasteiger charge is -2.30. The number of amides is 2. The number of aromatic nitrogens is 3. The van der Waals surface area contributed by atoms with E-state index in [1.54, 1.807) is 6.92 Å². The molecular weight excluding hydrogens is 660 g/mol. The largest absolute Gasteiger partial charge is 0.471 e. The minimum Gasteiger partial charge on any atom is -0.471 e. The average molecular weight is 693 g/mol. The predicted molar refractivity (Wildman–Crippen MR) is 155 cm³/mol. The Kier molecular flexibility index (Phi) is 10.0. The van der Waals surface area contributed by atoms with Gasteiger partial charge in [0.05, 0.1) is 22.7 Å². The van der Waals surface area contributed by atoms with Gasteiger partial charge in [0.1, 0.15) is 11.2 Å². The van der Waals surface area contributed by atoms with Gasteiger partial charge in [0, 0.05) is 19.2 Å². The third kappa shape index (κ3) is 8.25. The third-order valence-electron chi connectivity index (χ3n) is 8.35. The molecule has 1 saturated heterocycles. The van der Waals surface area contributed by atoms with Gasteiger partial charge in [-0.3, -0.25) is 9.59 Å². The Labute approximate surface area is 268 Å². The molecule has 1 saturated carbocycles. The number of hydrogen-bond acceptors (Lipinski definition) is 7. The van der Waals surface area contributed by atoms with Gasteiger partial charge in [0.15, 0.2) is 12.3 Å². The van der Waals surface area contributed by atoms with Crippen LogP contribution in [0.4, 0.5) is 46.8 Å². The number of nitrogens with zero attached hydrogens (tertiary/aromatic N) is 2. The van der Waals surface area contributed by atoms with Crippen molar-refractivity contribution in [3.8, 4) is 5.88 Å². The molecule has 1 aliphatic carbocycles. The number of ether oxygens (including phenoxy) is 2. The molecule has 2 fully saturated rings. The number of hydrogen-bond donors (Lipinski definition) is 4. The van der Waals surface area contributed by atoms with Crippen molar-refractivity contribution in [2.45, 2.75) is 82.4 Å². The molecule has 4 N–H and O–H groups in total. The van der Waals surface area contributed by atoms with Crippen molar-refractivity contribution < 1.29 is 54.2 Å². The van der Waals surface area contributed by atoms with Gasteiger partial charge in [-0.1, -0.05) is 6.07 Å². The number of imidazole rings is 1. The van der Waals surface area contributed by atoms with Crippen LogP contribution in [-0.2, 0) is 22.3 Å². The molecular formula is C30H32F8N6O4. The second kappa shape index (κ2) is 13.7. The lowest BCUT2D eigenvalue weighted by atomic mass is 9.85. The molecule has 48 heavy (non-hydrogen) atoms. The summed E-state index contributed by atoms with van der Waals surface area (Å²) in [6, 6.07) is 3.74. The van der Waals surface area contributed by atoms with Gasteiger partial charge in [-0.15, -0.1) is 0 Å². The van der Waals surface area contributed by atoms with Gasteiger partial charge in [-0.05, 0) is 69.2 Å². The highest BCUT2D eigenvalue weighted by Gasteiger charge is 2.42. The topological polar surface area (TPSA) is 130 Å². The number of aromatic amines is 1. The van der Waals surface area contributed by atoms with Crippen molar-refractivity contribution in [1.82, 2.24) is 25.6 Å². The van der Waals surface area contributed by atoms with E-state index in [9.17, 15) is 44.7 Å². The molecule has 1 unspecified atom stereocenters. The Balaban J connectivity index is 1.37. The van der Waals surface area contributed by atoms with E-state index in [1.165, 1.54) is 12.1 Å². The molecule has 0 spiro atoms. The van der Waals surface area contributed by atoms with E-state index < -0.39 is 71.9 Å². The van der Waals surface area contributed by atoms with Crippen LogP contribution in [0.5, 0.6) is 5.88 Å². The summed E-state index contributed by atoms with van der Waals surface area (Å²) in [7, 11) is 0. The summed E-state index contributed by atoms with van der Waals surface area (Å²) < 4.78 is 117. The molecule has 2 aliphatic rings. The number of alkyl halides is 8. The number of halogens is 8. The Hall–Kier alpha value is -4.22. The molecule has 2 amide bonds. The maximum absolute atomic E-state index is 13.9. The molecule has 1 aliphatic heterocycles. The van der Waals surface area contributed by atoms with Crippen molar-refractivity contribution in [2.75, 3.05) is 18.5 Å². The highest BCUT2D eigenvalue weighted by Crippen LogP contribution is 2.39. The number of carbonyl (C=O) groups is 2. The molecule has 0 bridgehead atoms. The minimum atomic E-state index is -4.79. The van der Waals surface area contributed by atoms with E-state index >= 15 is 0 Å². The van der Waals surface area contributed by atoms with Gasteiger partial charge in [0.25, 0.3) is 18.2 Å². The smallest absolute Gasteiger partial charge is 0.418 e. The summed E-state index contributed by atoms with van der Waals surface area (Å²) in [6.45, 7) is 0.803. The number of H-pyrrole nitrogens is 1. The summed E-state index contributed by atoms with van der Waals surface area (Å²) in [6.07, 6.45) is -11.2. The molecule has 3 aromatic rings. The fourth-order valence-electron chi connectivity index (χ4n) is 5.73. The summed E-state index contributed by atoms with van der Waals surface area (Å²) in [4.78, 5) is 36.6. The van der Waals surface area contributed by atoms with Crippen molar-refractivity contribution in [1.29, 1.82) is 0 Å². The first-order valence-electron chi connectivity index (χ1n) is 15.1. The van der Waals surface area contributed by atoms with Gasteiger partial charge in [0.2, 0.25) is 11.8 Å². The number of pyridine rings is 1. The van der Waals surface area contributed by atoms with Crippen molar-refractivity contribution >= 4 is 34.6 Å². The molecule has 3 heterocycles. The van der Waals surface area contributed by atoms with E-state index in [0.29, 0.717) is 25.0 Å². The Morgan fingerprint density at radius 3 is 2.44 bits per heavy atom. The van der Waals surface area contributed by atoms with Crippen LogP contribution in [0.15, 0.2) is 24.3 Å². The van der Waals surface area contributed by atoms with Crippen LogP contribution in [0.2, 0.25) is 0 Å². The van der Waals surface area contributed by atoms with Crippen LogP contribution >= 0.6 is 0 Å². The highest BCUT2D eigenvalue weighted by atomic mass is 19.4. The number of carbonyl (C=O) groups excluding carboxylic acids is 2. The Bertz CT molecular complexity index is 1630. The molecule has 2 aromatic heterocycles. The standard InChI is InChI=1S/C30H32F8N6O4/c1-28(9-2-10-48-28)26(46)39-13-15-3-8-19(30(36,37)38)20(11-15)41-27-42-21-12-18(25(43-23(21)44-27)47-14-22(31)32)24(45)40-17-6-4-16(5-7-17)29(33,34)35/h3,8,11-12,16-17,22H,2,4-7,9-10,13-14H2,1H3,(H,39,46)(H,40,45)(H2,41,42,43,44). The first kappa shape index (κ1) is 35.1. The quantitative estimate of drug-likeness (QED) is 0.181. The van der Waals surface area contributed by atoms with E-state index in [2.05, 4.69) is 30.9 Å². The van der Waals surface area contributed by atoms with Crippen LogP contribution in [0.25, 0.3) is 11.2 Å². The predicted octanol–water partition coefficient (Wildman–Crippen LogP) is 6.40. The number of nitrogens with one attached hydrogen (secondary N) is 4. The zero-order valence-corrected chi connectivity index (χ0v) is 25.5. The number of rotatable bonds is 10. The zero-order chi connectivity index (χ0) is 34.9. The molecule has 18 heteroatoms. The van der Waals surface area contributed by atoms with Crippen LogP contribution in [0.1, 0.15) is 66.9 Å². The summed E-state index contributed by atoms with van der Waals surface area (Å²) in [5.41, 5.74) is -2.70. The minimum absolute atomic E-state index is 0.0228. The molecule has 262 valence electrons. The fraction of sp³-hybridized carbons (Fsp3) is 0.533. The van der Waals surface area contributed by atoms with Gasteiger partial charge < -0.3 is 30.4 Å². The molecule has 1 atom stereocenters. The van der Waals surface area contributed by atoms with Crippen LogP contribution in [-0.4, -0.2) is 64.2 Å². The van der Waals surface area contributed by atoms with E-state index in [4.69, 9.17) is 9.47 Å². The lowest BCUT2D eigenvalue weighted by Crippen LogP contribution is -2.43. The van der Waals surface area contributed by atoms with Crippen molar-refractivity contribution in [3.05, 3.63) is 41.0 Å². The van der Waals surface area contributed by atoms with Crippen LogP contribution in [0.3, 0.4) is 0 Å². The lowest BCUT2D eigenvalue weighted by molar-refractivity contribution is -0.182. The maximum atomic E-state index is 13.9. The average Bonchev–Trinajstić information content (AvgIpc) is 3.63. The van der Waals surface area contributed by atoms with Crippen LogP contribution in [0, 0.1) is 5.92 Å². The van der Waals surface area contributed by atoms with Crippen LogP contribution < -0.4 is 20.7 Å². The van der Waals surface area contributed by atoms with Gasteiger partial charge >= 0.3 is 12.4 Å². The second-order valence-electron chi connectivity index (χ2n) is 11.9. The second-order valence-corrected chi connectivity index (χ2v) is 11.9. The van der Waals surface area contributed by atoms with E-state index in [0.717, 1.165) is 12.1 Å². The van der Waals surface area contributed by atoms with Gasteiger partial charge in [-0.25, -0.2) is 8.78 Å². The first-order valence-corrected chi connectivity index (χ1v) is 15.1. The van der Waals surface area contributed by atoms with E-state index in [1.807, 2.05) is 0 Å². The first-order chi connectivity index (χ1) is 22.5. The Morgan fingerprint density at radius 2 is 1.81 bits per heavy atom. The highest BCUT2D eigenvalue weighted by molar-refractivity contribution is 5.99. The third-order valence-corrected chi connectivity index (χ3v) is 8.35. The Morgan fingerprint density at radius 1 is 1.08 bits per heavy atom. The maximum Gasteiger partial charge on any atom is 0.418 e. The molecule has 5 rings (SSSR count). The summed E-state index contributed by atoms with van der Waals surface area (Å²) in [5.74, 6) is -3.54. The van der Waals surface area contributed by atoms with Gasteiger partial charge in [-0.2, -0.15) is 36.3 Å². The number of fused-ring (bicyclic) bond motifs is 1. The molecule has 10 nitrogen and oxygen atoms in total. The summed E-state index contributed by atoms with van der Waals surface area (Å²) >= 11 is 0.